The minimum absolute atomic E-state index is 0.149. The van der Waals surface area contributed by atoms with Gasteiger partial charge in [-0.25, -0.2) is 9.78 Å². The van der Waals surface area contributed by atoms with Crippen molar-refractivity contribution in [2.75, 3.05) is 0 Å². The molecule has 0 saturated carbocycles. The number of aryl methyl sites for hydroxylation is 1. The number of aliphatic hydroxyl groups excluding tert-OH is 1. The second-order valence-electron chi connectivity index (χ2n) is 5.28. The molecule has 0 aliphatic heterocycles. The van der Waals surface area contributed by atoms with Crippen LogP contribution in [0.2, 0.25) is 0 Å². The van der Waals surface area contributed by atoms with E-state index < -0.39 is 6.10 Å². The third-order valence-electron chi connectivity index (χ3n) is 3.78. The lowest BCUT2D eigenvalue weighted by molar-refractivity contribution is 0.145. The van der Waals surface area contributed by atoms with E-state index in [9.17, 15) is 9.90 Å². The van der Waals surface area contributed by atoms with E-state index >= 15 is 0 Å². The highest BCUT2D eigenvalue weighted by molar-refractivity contribution is 5.77. The van der Waals surface area contributed by atoms with Crippen LogP contribution in [0.3, 0.4) is 0 Å². The topological polar surface area (TPSA) is 88.7 Å². The molecule has 3 aromatic heterocycles. The maximum absolute atomic E-state index is 11.8. The SMILES string of the molecule is CCC(O)Cn1cc(-c2cnc3[nH]c(=O)n(CC)c3c2)cn1. The first-order valence-corrected chi connectivity index (χ1v) is 7.41. The number of hydrogen-bond donors (Lipinski definition) is 2. The average Bonchev–Trinajstić information content (AvgIpc) is 3.09. The van der Waals surface area contributed by atoms with Crippen molar-refractivity contribution in [3.05, 3.63) is 35.1 Å². The molecule has 0 radical (unpaired) electrons. The molecule has 116 valence electrons. The highest BCUT2D eigenvalue weighted by atomic mass is 16.3. The Balaban J connectivity index is 1.98. The molecule has 7 nitrogen and oxygen atoms in total. The number of rotatable bonds is 5. The fraction of sp³-hybridized carbons (Fsp3) is 0.400. The van der Waals surface area contributed by atoms with Gasteiger partial charge in [-0.3, -0.25) is 14.2 Å². The van der Waals surface area contributed by atoms with E-state index in [1.165, 1.54) is 0 Å². The molecule has 0 amide bonds. The summed E-state index contributed by atoms with van der Waals surface area (Å²) in [5, 5.41) is 13.9. The minimum Gasteiger partial charge on any atom is -0.391 e. The highest BCUT2D eigenvalue weighted by Gasteiger charge is 2.10. The summed E-state index contributed by atoms with van der Waals surface area (Å²) in [4.78, 5) is 18.8. The Morgan fingerprint density at radius 3 is 2.86 bits per heavy atom. The van der Waals surface area contributed by atoms with Gasteiger partial charge in [0.2, 0.25) is 0 Å². The summed E-state index contributed by atoms with van der Waals surface area (Å²) < 4.78 is 3.37. The first-order chi connectivity index (χ1) is 10.6. The quantitative estimate of drug-likeness (QED) is 0.745. The van der Waals surface area contributed by atoms with E-state index in [0.29, 0.717) is 25.2 Å². The molecule has 7 heteroatoms. The molecule has 0 fully saturated rings. The van der Waals surface area contributed by atoms with Gasteiger partial charge in [0, 0.05) is 30.1 Å². The summed E-state index contributed by atoms with van der Waals surface area (Å²) in [5.74, 6) is 0. The predicted octanol–water partition coefficient (Wildman–Crippen LogP) is 1.38. The summed E-state index contributed by atoms with van der Waals surface area (Å²) in [6.45, 7) is 4.91. The predicted molar refractivity (Wildman–Crippen MR) is 83.5 cm³/mol. The van der Waals surface area contributed by atoms with Gasteiger partial charge in [0.05, 0.1) is 24.4 Å². The molecule has 1 unspecified atom stereocenters. The van der Waals surface area contributed by atoms with Gasteiger partial charge in [-0.1, -0.05) is 6.92 Å². The molecule has 3 rings (SSSR count). The summed E-state index contributed by atoms with van der Waals surface area (Å²) in [5.41, 5.74) is 3.03. The van der Waals surface area contributed by atoms with Crippen LogP contribution in [0.1, 0.15) is 20.3 Å². The number of hydrogen-bond acceptors (Lipinski definition) is 4. The van der Waals surface area contributed by atoms with E-state index in [0.717, 1.165) is 16.6 Å². The summed E-state index contributed by atoms with van der Waals surface area (Å²) >= 11 is 0. The maximum Gasteiger partial charge on any atom is 0.327 e. The Bertz CT molecular complexity index is 845. The van der Waals surface area contributed by atoms with Crippen molar-refractivity contribution < 1.29 is 5.11 Å². The molecule has 22 heavy (non-hydrogen) atoms. The maximum atomic E-state index is 11.8. The number of aromatic amines is 1. The second kappa shape index (κ2) is 5.76. The van der Waals surface area contributed by atoms with Crippen molar-refractivity contribution in [3.8, 4) is 11.1 Å². The zero-order valence-corrected chi connectivity index (χ0v) is 12.7. The van der Waals surface area contributed by atoms with Crippen molar-refractivity contribution in [1.82, 2.24) is 24.3 Å². The highest BCUT2D eigenvalue weighted by Crippen LogP contribution is 2.21. The third-order valence-corrected chi connectivity index (χ3v) is 3.78. The number of H-pyrrole nitrogens is 1. The van der Waals surface area contributed by atoms with Crippen molar-refractivity contribution in [2.24, 2.45) is 0 Å². The van der Waals surface area contributed by atoms with Gasteiger partial charge in [0.15, 0.2) is 5.65 Å². The molecule has 0 spiro atoms. The van der Waals surface area contributed by atoms with E-state index in [4.69, 9.17) is 0 Å². The van der Waals surface area contributed by atoms with Crippen molar-refractivity contribution >= 4 is 11.2 Å². The summed E-state index contributed by atoms with van der Waals surface area (Å²) in [6.07, 6.45) is 5.63. The molecule has 3 aromatic rings. The van der Waals surface area contributed by atoms with Crippen LogP contribution >= 0.6 is 0 Å². The molecular formula is C15H19N5O2. The van der Waals surface area contributed by atoms with E-state index in [-0.39, 0.29) is 5.69 Å². The molecule has 0 aromatic carbocycles. The number of nitrogens with zero attached hydrogens (tertiary/aromatic N) is 4. The summed E-state index contributed by atoms with van der Waals surface area (Å²) in [7, 11) is 0. The lowest BCUT2D eigenvalue weighted by Gasteiger charge is -2.06. The van der Waals surface area contributed by atoms with Gasteiger partial charge < -0.3 is 5.11 Å². The monoisotopic (exact) mass is 301 g/mol. The normalized spacial score (nSPS) is 12.9. The van der Waals surface area contributed by atoms with Crippen LogP contribution in [0.15, 0.2) is 29.5 Å². The Labute approximate surface area is 127 Å². The van der Waals surface area contributed by atoms with E-state index in [1.807, 2.05) is 26.1 Å². The van der Waals surface area contributed by atoms with Crippen LogP contribution in [0, 0.1) is 0 Å². The zero-order chi connectivity index (χ0) is 15.7. The average molecular weight is 301 g/mol. The number of imidazole rings is 1. The lowest BCUT2D eigenvalue weighted by atomic mass is 10.1. The molecule has 2 N–H and O–H groups in total. The van der Waals surface area contributed by atoms with Gasteiger partial charge in [-0.2, -0.15) is 5.10 Å². The standard InChI is InChI=1S/C15H19N5O2/c1-3-12(21)9-19-8-11(7-17-19)10-5-13-14(16-6-10)18-15(22)20(13)4-2/h5-8,12,21H,3-4,9H2,1-2H3,(H,16,18,22). The van der Waals surface area contributed by atoms with Crippen LogP contribution in [-0.2, 0) is 13.1 Å². The Morgan fingerprint density at radius 2 is 2.14 bits per heavy atom. The minimum atomic E-state index is -0.400. The van der Waals surface area contributed by atoms with Crippen molar-refractivity contribution in [1.29, 1.82) is 0 Å². The van der Waals surface area contributed by atoms with Crippen LogP contribution in [0.5, 0.6) is 0 Å². The van der Waals surface area contributed by atoms with Gasteiger partial charge in [-0.15, -0.1) is 0 Å². The number of nitrogens with one attached hydrogen (secondary N) is 1. The first-order valence-electron chi connectivity index (χ1n) is 7.41. The smallest absolute Gasteiger partial charge is 0.327 e. The number of pyridine rings is 1. The Kier molecular flexibility index (Phi) is 3.81. The second-order valence-corrected chi connectivity index (χ2v) is 5.28. The van der Waals surface area contributed by atoms with Crippen LogP contribution in [0.25, 0.3) is 22.3 Å². The number of aliphatic hydroxyl groups is 1. The molecule has 0 aliphatic carbocycles. The van der Waals surface area contributed by atoms with Gasteiger partial charge >= 0.3 is 5.69 Å². The van der Waals surface area contributed by atoms with E-state index in [2.05, 4.69) is 15.1 Å². The van der Waals surface area contributed by atoms with Gasteiger partial charge in [-0.05, 0) is 19.4 Å². The van der Waals surface area contributed by atoms with Crippen LogP contribution in [0.4, 0.5) is 0 Å². The number of aromatic nitrogens is 5. The fourth-order valence-electron chi connectivity index (χ4n) is 2.46. The van der Waals surface area contributed by atoms with E-state index in [1.54, 1.807) is 21.6 Å². The van der Waals surface area contributed by atoms with Crippen molar-refractivity contribution in [2.45, 2.75) is 39.5 Å². The zero-order valence-electron chi connectivity index (χ0n) is 12.7. The first kappa shape index (κ1) is 14.5. The third kappa shape index (κ3) is 2.55. The summed E-state index contributed by atoms with van der Waals surface area (Å²) in [6, 6.07) is 1.93. The molecule has 0 bridgehead atoms. The Hall–Kier alpha value is -2.41. The molecule has 0 aliphatic rings. The van der Waals surface area contributed by atoms with Crippen LogP contribution in [-0.4, -0.2) is 35.5 Å². The largest absolute Gasteiger partial charge is 0.391 e. The molecular weight excluding hydrogens is 282 g/mol. The molecule has 1 atom stereocenters. The van der Waals surface area contributed by atoms with Gasteiger partial charge in [0.25, 0.3) is 0 Å². The van der Waals surface area contributed by atoms with Gasteiger partial charge in [0.1, 0.15) is 0 Å². The number of fused-ring (bicyclic) bond motifs is 1. The van der Waals surface area contributed by atoms with Crippen LogP contribution < -0.4 is 5.69 Å². The molecule has 3 heterocycles. The van der Waals surface area contributed by atoms with Crippen molar-refractivity contribution in [3.63, 3.8) is 0 Å². The lowest BCUT2D eigenvalue weighted by Crippen LogP contribution is -2.15. The Morgan fingerprint density at radius 1 is 1.32 bits per heavy atom. The molecule has 0 saturated heterocycles. The fourth-order valence-corrected chi connectivity index (χ4v) is 2.46.